The monoisotopic (exact) mass is 331 g/mol. The van der Waals surface area contributed by atoms with E-state index in [-0.39, 0.29) is 0 Å². The number of nitrogens with zero attached hydrogens (tertiary/aromatic N) is 3. The third-order valence-electron chi connectivity index (χ3n) is 3.57. The molecule has 2 atom stereocenters. The van der Waals surface area contributed by atoms with Crippen LogP contribution in [0.1, 0.15) is 49.4 Å². The Hall–Kier alpha value is -2.30. The van der Waals surface area contributed by atoms with Crippen LogP contribution < -0.4 is 0 Å². The molecule has 0 aliphatic rings. The van der Waals surface area contributed by atoms with Crippen LogP contribution in [-0.4, -0.2) is 29.8 Å². The van der Waals surface area contributed by atoms with Crippen LogP contribution in [0.3, 0.4) is 0 Å². The number of aliphatic hydroxyl groups is 1. The van der Waals surface area contributed by atoms with E-state index >= 15 is 0 Å². The predicted molar refractivity (Wildman–Crippen MR) is 93.6 cm³/mol. The molecule has 0 aliphatic heterocycles. The van der Waals surface area contributed by atoms with Crippen LogP contribution in [0.5, 0.6) is 0 Å². The Labute approximate surface area is 142 Å². The lowest BCUT2D eigenvalue weighted by atomic mass is 10.1. The minimum Gasteiger partial charge on any atom is -0.454 e. The molecule has 6 nitrogen and oxygen atoms in total. The summed E-state index contributed by atoms with van der Waals surface area (Å²) in [5.41, 5.74) is 9.03. The van der Waals surface area contributed by atoms with Gasteiger partial charge < -0.3 is 9.84 Å². The van der Waals surface area contributed by atoms with Gasteiger partial charge in [-0.2, -0.15) is 0 Å². The van der Waals surface area contributed by atoms with Crippen molar-refractivity contribution in [1.29, 1.82) is 0 Å². The van der Waals surface area contributed by atoms with Crippen molar-refractivity contribution in [2.45, 2.75) is 51.2 Å². The average molecular weight is 331 g/mol. The smallest absolute Gasteiger partial charge is 0.338 e. The van der Waals surface area contributed by atoms with Crippen molar-refractivity contribution in [3.05, 3.63) is 58.5 Å². The van der Waals surface area contributed by atoms with Gasteiger partial charge in [0.2, 0.25) is 0 Å². The Morgan fingerprint density at radius 2 is 2.08 bits per heavy atom. The van der Waals surface area contributed by atoms with Crippen molar-refractivity contribution >= 4 is 5.97 Å². The number of ether oxygens (including phenoxy) is 1. The van der Waals surface area contributed by atoms with Gasteiger partial charge in [-0.3, -0.25) is 0 Å². The number of unbranched alkanes of at least 4 members (excludes halogenated alkanes) is 4. The van der Waals surface area contributed by atoms with Gasteiger partial charge in [-0.1, -0.05) is 55.6 Å². The van der Waals surface area contributed by atoms with Gasteiger partial charge in [0.25, 0.3) is 0 Å². The molecule has 1 unspecified atom stereocenters. The van der Waals surface area contributed by atoms with Crippen LogP contribution >= 0.6 is 0 Å². The molecule has 0 aliphatic carbocycles. The number of hydrogen-bond donors (Lipinski definition) is 1. The Kier molecular flexibility index (Phi) is 10.0. The molecule has 0 fully saturated rings. The second-order valence-corrected chi connectivity index (χ2v) is 5.47. The lowest BCUT2D eigenvalue weighted by Crippen LogP contribution is -2.31. The second-order valence-electron chi connectivity index (χ2n) is 5.47. The van der Waals surface area contributed by atoms with E-state index in [4.69, 9.17) is 10.3 Å². The number of benzene rings is 1. The molecule has 0 amide bonds. The standard InChI is InChI=1S/C18H25N3O3/c1-2-3-4-5-6-10-13-17(16(14-22)20-21-19)24-18(23)15-11-8-7-9-12-15/h7-13,16-17,22H,2-6,14H2,1H3/t16?,17-/m1/s1. The van der Waals surface area contributed by atoms with Crippen LogP contribution in [0.4, 0.5) is 0 Å². The van der Waals surface area contributed by atoms with E-state index in [1.54, 1.807) is 36.4 Å². The van der Waals surface area contributed by atoms with Gasteiger partial charge in [0.05, 0.1) is 12.2 Å². The zero-order valence-corrected chi connectivity index (χ0v) is 14.0. The van der Waals surface area contributed by atoms with Crippen molar-refractivity contribution in [2.75, 3.05) is 6.61 Å². The number of esters is 1. The van der Waals surface area contributed by atoms with E-state index in [1.165, 1.54) is 12.8 Å². The largest absolute Gasteiger partial charge is 0.454 e. The van der Waals surface area contributed by atoms with Gasteiger partial charge in [-0.25, -0.2) is 4.79 Å². The van der Waals surface area contributed by atoms with Crippen LogP contribution in [0.2, 0.25) is 0 Å². The SMILES string of the molecule is CCCCCCC=C[C@@H](OC(=O)c1ccccc1)C(CO)N=[N+]=[N-]. The molecule has 1 rings (SSSR count). The van der Waals surface area contributed by atoms with Crippen molar-refractivity contribution in [2.24, 2.45) is 5.11 Å². The molecular weight excluding hydrogens is 306 g/mol. The molecule has 0 aromatic heterocycles. The fourth-order valence-corrected chi connectivity index (χ4v) is 2.20. The number of allylic oxidation sites excluding steroid dienone is 1. The topological polar surface area (TPSA) is 95.3 Å². The summed E-state index contributed by atoms with van der Waals surface area (Å²) in [7, 11) is 0. The maximum Gasteiger partial charge on any atom is 0.338 e. The molecule has 0 saturated heterocycles. The number of aliphatic hydroxyl groups excluding tert-OH is 1. The molecule has 0 heterocycles. The molecule has 1 aromatic rings. The molecule has 130 valence electrons. The zero-order chi connectivity index (χ0) is 17.6. The highest BCUT2D eigenvalue weighted by molar-refractivity contribution is 5.89. The first kappa shape index (κ1) is 19.7. The van der Waals surface area contributed by atoms with Gasteiger partial charge in [0, 0.05) is 4.91 Å². The minimum atomic E-state index is -0.838. The van der Waals surface area contributed by atoms with Crippen LogP contribution in [0, 0.1) is 0 Å². The van der Waals surface area contributed by atoms with Gasteiger partial charge in [-0.15, -0.1) is 0 Å². The van der Waals surface area contributed by atoms with Crippen molar-refractivity contribution in [1.82, 2.24) is 0 Å². The first-order valence-corrected chi connectivity index (χ1v) is 8.30. The summed E-state index contributed by atoms with van der Waals surface area (Å²) in [6.45, 7) is 1.76. The first-order valence-electron chi connectivity index (χ1n) is 8.30. The number of azide groups is 1. The first-order chi connectivity index (χ1) is 11.7. The Morgan fingerprint density at radius 3 is 2.71 bits per heavy atom. The summed E-state index contributed by atoms with van der Waals surface area (Å²) in [6.07, 6.45) is 8.24. The summed E-state index contributed by atoms with van der Waals surface area (Å²) in [5.74, 6) is -0.511. The maximum absolute atomic E-state index is 12.2. The van der Waals surface area contributed by atoms with Crippen LogP contribution in [0.25, 0.3) is 10.4 Å². The average Bonchev–Trinajstić information content (AvgIpc) is 2.62. The normalized spacial score (nSPS) is 13.2. The molecule has 0 spiro atoms. The third kappa shape index (κ3) is 7.31. The van der Waals surface area contributed by atoms with E-state index in [1.807, 2.05) is 6.08 Å². The number of hydrogen-bond acceptors (Lipinski definition) is 4. The number of rotatable bonds is 11. The number of carbonyl (C=O) groups excluding carboxylic acids is 1. The molecular formula is C18H25N3O3. The highest BCUT2D eigenvalue weighted by Gasteiger charge is 2.22. The summed E-state index contributed by atoms with van der Waals surface area (Å²) >= 11 is 0. The summed E-state index contributed by atoms with van der Waals surface area (Å²) in [6, 6.07) is 7.75. The maximum atomic E-state index is 12.2. The van der Waals surface area contributed by atoms with E-state index < -0.39 is 24.7 Å². The molecule has 0 saturated carbocycles. The Morgan fingerprint density at radius 1 is 1.33 bits per heavy atom. The third-order valence-corrected chi connectivity index (χ3v) is 3.57. The van der Waals surface area contributed by atoms with Gasteiger partial charge in [0.1, 0.15) is 12.1 Å². The molecule has 0 radical (unpaired) electrons. The highest BCUT2D eigenvalue weighted by atomic mass is 16.5. The Balaban J connectivity index is 2.72. The van der Waals surface area contributed by atoms with Gasteiger partial charge in [-0.05, 0) is 36.6 Å². The van der Waals surface area contributed by atoms with Crippen molar-refractivity contribution in [3.8, 4) is 0 Å². The van der Waals surface area contributed by atoms with Crippen molar-refractivity contribution < 1.29 is 14.6 Å². The molecule has 6 heteroatoms. The molecule has 1 aromatic carbocycles. The van der Waals surface area contributed by atoms with E-state index in [2.05, 4.69) is 16.9 Å². The minimum absolute atomic E-state index is 0.392. The predicted octanol–water partition coefficient (Wildman–Crippen LogP) is 4.41. The van der Waals surface area contributed by atoms with Gasteiger partial charge >= 0.3 is 5.97 Å². The second kappa shape index (κ2) is 12.2. The van der Waals surface area contributed by atoms with E-state index in [9.17, 15) is 9.90 Å². The zero-order valence-electron chi connectivity index (χ0n) is 14.0. The van der Waals surface area contributed by atoms with Crippen LogP contribution in [0.15, 0.2) is 47.6 Å². The summed E-state index contributed by atoms with van der Waals surface area (Å²) in [5, 5.41) is 12.9. The quantitative estimate of drug-likeness (QED) is 0.162. The molecule has 0 bridgehead atoms. The summed E-state index contributed by atoms with van der Waals surface area (Å²) < 4.78 is 5.42. The fourth-order valence-electron chi connectivity index (χ4n) is 2.20. The van der Waals surface area contributed by atoms with Crippen LogP contribution in [-0.2, 0) is 4.74 Å². The lowest BCUT2D eigenvalue weighted by molar-refractivity contribution is 0.0304. The summed E-state index contributed by atoms with van der Waals surface area (Å²) in [4.78, 5) is 14.9. The fraction of sp³-hybridized carbons (Fsp3) is 0.500. The molecule has 1 N–H and O–H groups in total. The Bertz CT molecular complexity index is 554. The van der Waals surface area contributed by atoms with E-state index in [0.29, 0.717) is 5.56 Å². The lowest BCUT2D eigenvalue weighted by Gasteiger charge is -2.19. The highest BCUT2D eigenvalue weighted by Crippen LogP contribution is 2.12. The number of carbonyl (C=O) groups is 1. The van der Waals surface area contributed by atoms with Gasteiger partial charge in [0.15, 0.2) is 0 Å². The molecule has 24 heavy (non-hydrogen) atoms. The van der Waals surface area contributed by atoms with Crippen molar-refractivity contribution in [3.63, 3.8) is 0 Å². The van der Waals surface area contributed by atoms with E-state index in [0.717, 1.165) is 19.3 Å².